The highest BCUT2D eigenvalue weighted by Gasteiger charge is 2.10. The first kappa shape index (κ1) is 13.3. The third kappa shape index (κ3) is 3.02. The second-order valence-electron chi connectivity index (χ2n) is 4.79. The van der Waals surface area contributed by atoms with Gasteiger partial charge in [0, 0.05) is 11.3 Å². The zero-order chi connectivity index (χ0) is 13.8. The van der Waals surface area contributed by atoms with E-state index in [2.05, 4.69) is 18.3 Å². The number of nitrogens with one attached hydrogen (secondary N) is 1. The Morgan fingerprint density at radius 1 is 1.11 bits per heavy atom. The molecule has 2 aromatic rings. The van der Waals surface area contributed by atoms with Gasteiger partial charge in [0.05, 0.1) is 0 Å². The van der Waals surface area contributed by atoms with Gasteiger partial charge in [0.25, 0.3) is 5.91 Å². The van der Waals surface area contributed by atoms with E-state index >= 15 is 0 Å². The van der Waals surface area contributed by atoms with Gasteiger partial charge in [-0.2, -0.15) is 0 Å². The molecule has 0 unspecified atom stereocenters. The first-order valence-corrected chi connectivity index (χ1v) is 6.58. The smallest absolute Gasteiger partial charge is 0.255 e. The Labute approximate surface area is 114 Å². The summed E-state index contributed by atoms with van der Waals surface area (Å²) in [4.78, 5) is 12.3. The molecule has 2 heteroatoms. The number of carbonyl (C=O) groups is 1. The molecule has 1 N–H and O–H groups in total. The van der Waals surface area contributed by atoms with Crippen LogP contribution in [0.4, 0.5) is 5.69 Å². The van der Waals surface area contributed by atoms with Crippen LogP contribution in [0.5, 0.6) is 0 Å². The van der Waals surface area contributed by atoms with Crippen LogP contribution in [0.25, 0.3) is 0 Å². The molecular weight excluding hydrogens is 234 g/mol. The fourth-order valence-electron chi connectivity index (χ4n) is 2.17. The van der Waals surface area contributed by atoms with Crippen molar-refractivity contribution in [3.8, 4) is 0 Å². The summed E-state index contributed by atoms with van der Waals surface area (Å²) in [6.07, 6.45) is 0.908. The van der Waals surface area contributed by atoms with Crippen molar-refractivity contribution in [3.05, 3.63) is 64.7 Å². The van der Waals surface area contributed by atoms with Gasteiger partial charge in [-0.1, -0.05) is 42.8 Å². The number of aryl methyl sites for hydroxylation is 3. The Kier molecular flexibility index (Phi) is 4.00. The molecule has 0 spiro atoms. The number of amides is 1. The van der Waals surface area contributed by atoms with Crippen LogP contribution in [-0.2, 0) is 6.42 Å². The highest BCUT2D eigenvalue weighted by atomic mass is 16.1. The van der Waals surface area contributed by atoms with Crippen LogP contribution < -0.4 is 5.32 Å². The first-order chi connectivity index (χ1) is 9.11. The quantitative estimate of drug-likeness (QED) is 0.876. The fraction of sp³-hybridized carbons (Fsp3) is 0.235. The first-order valence-electron chi connectivity index (χ1n) is 6.58. The average molecular weight is 253 g/mol. The number of hydrogen-bond acceptors (Lipinski definition) is 1. The maximum atomic E-state index is 12.3. The van der Waals surface area contributed by atoms with Crippen LogP contribution in [0.3, 0.4) is 0 Å². The molecule has 0 heterocycles. The molecule has 2 nitrogen and oxygen atoms in total. The Morgan fingerprint density at radius 3 is 2.53 bits per heavy atom. The van der Waals surface area contributed by atoms with Crippen molar-refractivity contribution >= 4 is 11.6 Å². The molecule has 2 rings (SSSR count). The van der Waals surface area contributed by atoms with Crippen LogP contribution in [-0.4, -0.2) is 5.91 Å². The van der Waals surface area contributed by atoms with Crippen molar-refractivity contribution in [3.63, 3.8) is 0 Å². The van der Waals surface area contributed by atoms with E-state index < -0.39 is 0 Å². The maximum absolute atomic E-state index is 12.3. The summed E-state index contributed by atoms with van der Waals surface area (Å²) in [5.74, 6) is -0.0484. The van der Waals surface area contributed by atoms with Crippen molar-refractivity contribution in [1.29, 1.82) is 0 Å². The number of anilines is 1. The molecule has 0 bridgehead atoms. The van der Waals surface area contributed by atoms with Crippen LogP contribution in [0.2, 0.25) is 0 Å². The van der Waals surface area contributed by atoms with Gasteiger partial charge >= 0.3 is 0 Å². The summed E-state index contributed by atoms with van der Waals surface area (Å²) >= 11 is 0. The molecule has 0 saturated heterocycles. The minimum Gasteiger partial charge on any atom is -0.321 e. The minimum atomic E-state index is -0.0484. The van der Waals surface area contributed by atoms with Crippen molar-refractivity contribution in [2.75, 3.05) is 5.32 Å². The molecule has 1 amide bonds. The second-order valence-corrected chi connectivity index (χ2v) is 4.79. The molecule has 19 heavy (non-hydrogen) atoms. The van der Waals surface area contributed by atoms with Gasteiger partial charge in [-0.3, -0.25) is 4.79 Å². The lowest BCUT2D eigenvalue weighted by atomic mass is 10.0. The van der Waals surface area contributed by atoms with E-state index in [-0.39, 0.29) is 5.91 Å². The van der Waals surface area contributed by atoms with Gasteiger partial charge in [-0.25, -0.2) is 0 Å². The van der Waals surface area contributed by atoms with Gasteiger partial charge in [-0.15, -0.1) is 0 Å². The van der Waals surface area contributed by atoms with E-state index in [1.54, 1.807) is 0 Å². The van der Waals surface area contributed by atoms with Crippen molar-refractivity contribution in [2.45, 2.75) is 27.2 Å². The summed E-state index contributed by atoms with van der Waals surface area (Å²) in [5.41, 5.74) is 5.00. The van der Waals surface area contributed by atoms with Crippen molar-refractivity contribution in [2.24, 2.45) is 0 Å². The van der Waals surface area contributed by atoms with E-state index in [0.29, 0.717) is 5.56 Å². The minimum absolute atomic E-state index is 0.0484. The van der Waals surface area contributed by atoms with E-state index in [4.69, 9.17) is 0 Å². The van der Waals surface area contributed by atoms with Gasteiger partial charge in [0.2, 0.25) is 0 Å². The molecule has 0 aliphatic rings. The number of benzene rings is 2. The van der Waals surface area contributed by atoms with Crippen LogP contribution in [0.15, 0.2) is 42.5 Å². The Bertz CT molecular complexity index is 602. The predicted octanol–water partition coefficient (Wildman–Crippen LogP) is 4.12. The van der Waals surface area contributed by atoms with E-state index in [0.717, 1.165) is 23.2 Å². The van der Waals surface area contributed by atoms with Crippen LogP contribution in [0, 0.1) is 13.8 Å². The van der Waals surface area contributed by atoms with E-state index in [9.17, 15) is 4.79 Å². The Balaban J connectivity index is 2.29. The predicted molar refractivity (Wildman–Crippen MR) is 79.7 cm³/mol. The molecule has 0 saturated carbocycles. The summed E-state index contributed by atoms with van der Waals surface area (Å²) in [6.45, 7) is 6.10. The molecule has 0 radical (unpaired) electrons. The summed E-state index contributed by atoms with van der Waals surface area (Å²) in [5, 5.41) is 3.03. The van der Waals surface area contributed by atoms with Crippen molar-refractivity contribution in [1.82, 2.24) is 0 Å². The zero-order valence-corrected chi connectivity index (χ0v) is 11.7. The maximum Gasteiger partial charge on any atom is 0.255 e. The third-order valence-corrected chi connectivity index (χ3v) is 3.26. The lowest BCUT2D eigenvalue weighted by Gasteiger charge is -2.13. The summed E-state index contributed by atoms with van der Waals surface area (Å²) < 4.78 is 0. The highest BCUT2D eigenvalue weighted by molar-refractivity contribution is 6.05. The van der Waals surface area contributed by atoms with E-state index in [1.165, 1.54) is 5.56 Å². The normalized spacial score (nSPS) is 10.3. The molecule has 0 aliphatic heterocycles. The highest BCUT2D eigenvalue weighted by Crippen LogP contribution is 2.22. The second kappa shape index (κ2) is 5.70. The Morgan fingerprint density at radius 2 is 1.84 bits per heavy atom. The Hall–Kier alpha value is -2.09. The van der Waals surface area contributed by atoms with Crippen molar-refractivity contribution < 1.29 is 4.79 Å². The molecule has 0 fully saturated rings. The number of carbonyl (C=O) groups excluding carboxylic acids is 1. The topological polar surface area (TPSA) is 29.1 Å². The molecular formula is C17H19NO. The fourth-order valence-corrected chi connectivity index (χ4v) is 2.17. The summed E-state index contributed by atoms with van der Waals surface area (Å²) in [7, 11) is 0. The lowest BCUT2D eigenvalue weighted by Crippen LogP contribution is -2.14. The van der Waals surface area contributed by atoms with Crippen LogP contribution >= 0.6 is 0 Å². The van der Waals surface area contributed by atoms with Crippen LogP contribution in [0.1, 0.15) is 34.0 Å². The number of rotatable bonds is 3. The molecule has 0 atom stereocenters. The van der Waals surface area contributed by atoms with E-state index in [1.807, 2.05) is 50.2 Å². The number of para-hydroxylation sites is 1. The largest absolute Gasteiger partial charge is 0.321 e. The zero-order valence-electron chi connectivity index (χ0n) is 11.7. The standard InChI is InChI=1S/C17H19NO/c1-4-14-9-6-8-13(3)16(14)18-17(19)15-10-5-7-12(2)11-15/h5-11H,4H2,1-3H3,(H,18,19). The van der Waals surface area contributed by atoms with Gasteiger partial charge < -0.3 is 5.32 Å². The monoisotopic (exact) mass is 253 g/mol. The molecule has 0 aliphatic carbocycles. The number of hydrogen-bond donors (Lipinski definition) is 1. The third-order valence-electron chi connectivity index (χ3n) is 3.26. The summed E-state index contributed by atoms with van der Waals surface area (Å²) in [6, 6.07) is 13.7. The molecule has 0 aromatic heterocycles. The SMILES string of the molecule is CCc1cccc(C)c1NC(=O)c1cccc(C)c1. The average Bonchev–Trinajstić information content (AvgIpc) is 2.41. The molecule has 2 aromatic carbocycles. The van der Waals surface area contributed by atoms with Gasteiger partial charge in [0.15, 0.2) is 0 Å². The lowest BCUT2D eigenvalue weighted by molar-refractivity contribution is 0.102. The molecule has 98 valence electrons. The van der Waals surface area contributed by atoms with Gasteiger partial charge in [0.1, 0.15) is 0 Å². The van der Waals surface area contributed by atoms with Gasteiger partial charge in [-0.05, 0) is 43.5 Å².